The third-order valence-corrected chi connectivity index (χ3v) is 5.77. The normalized spacial score (nSPS) is 20.8. The van der Waals surface area contributed by atoms with Crippen molar-refractivity contribution in [3.63, 3.8) is 0 Å². The number of hydrogen-bond acceptors (Lipinski definition) is 4. The molecule has 0 radical (unpaired) electrons. The van der Waals surface area contributed by atoms with Gasteiger partial charge in [-0.25, -0.2) is 8.42 Å². The van der Waals surface area contributed by atoms with E-state index >= 15 is 0 Å². The fraction of sp³-hybridized carbons (Fsp3) is 0.462. The summed E-state index contributed by atoms with van der Waals surface area (Å²) in [6.45, 7) is 5.62. The average Bonchev–Trinajstić information content (AvgIpc) is 2.30. The van der Waals surface area contributed by atoms with Gasteiger partial charge < -0.3 is 11.1 Å². The van der Waals surface area contributed by atoms with Gasteiger partial charge in [-0.15, -0.1) is 0 Å². The molecule has 1 amide bonds. The van der Waals surface area contributed by atoms with E-state index in [0.717, 1.165) is 0 Å². The van der Waals surface area contributed by atoms with Gasteiger partial charge in [0.05, 0.1) is 4.90 Å². The smallest absolute Gasteiger partial charge is 0.244 e. The maximum Gasteiger partial charge on any atom is 0.244 e. The first kappa shape index (κ1) is 14.8. The van der Waals surface area contributed by atoms with Gasteiger partial charge >= 0.3 is 0 Å². The predicted octanol–water partition coefficient (Wildman–Crippen LogP) is 0.395. The van der Waals surface area contributed by atoms with Gasteiger partial charge in [0, 0.05) is 18.8 Å². The fourth-order valence-electron chi connectivity index (χ4n) is 2.60. The number of nitrogen functional groups attached to an aromatic ring is 1. The van der Waals surface area contributed by atoms with Crippen molar-refractivity contribution in [3.8, 4) is 0 Å². The van der Waals surface area contributed by atoms with E-state index in [2.05, 4.69) is 5.32 Å². The molecule has 1 aliphatic rings. The number of carbonyl (C=O) groups excluding carboxylic acids is 1. The van der Waals surface area contributed by atoms with Crippen LogP contribution in [0.25, 0.3) is 0 Å². The molecule has 1 aromatic rings. The third-order valence-electron chi connectivity index (χ3n) is 3.49. The van der Waals surface area contributed by atoms with Crippen LogP contribution in [0.15, 0.2) is 17.0 Å². The molecule has 1 atom stereocenters. The minimum absolute atomic E-state index is 0.244. The Morgan fingerprint density at radius 3 is 2.40 bits per heavy atom. The lowest BCUT2D eigenvalue weighted by molar-refractivity contribution is -0.126. The van der Waals surface area contributed by atoms with Crippen LogP contribution < -0.4 is 11.1 Å². The summed E-state index contributed by atoms with van der Waals surface area (Å²) in [5.41, 5.74) is 7.45. The summed E-state index contributed by atoms with van der Waals surface area (Å²) in [7, 11) is -3.71. The van der Waals surface area contributed by atoms with E-state index in [1.807, 2.05) is 0 Å². The van der Waals surface area contributed by atoms with Crippen molar-refractivity contribution in [2.24, 2.45) is 0 Å². The van der Waals surface area contributed by atoms with Gasteiger partial charge in [-0.05, 0) is 44.0 Å². The highest BCUT2D eigenvalue weighted by molar-refractivity contribution is 7.89. The lowest BCUT2D eigenvalue weighted by atomic mass is 10.1. The second-order valence-corrected chi connectivity index (χ2v) is 6.89. The summed E-state index contributed by atoms with van der Waals surface area (Å²) < 4.78 is 26.8. The molecule has 1 unspecified atom stereocenters. The monoisotopic (exact) mass is 297 g/mol. The number of nitrogens with zero attached hydrogens (tertiary/aromatic N) is 1. The van der Waals surface area contributed by atoms with E-state index in [-0.39, 0.29) is 17.3 Å². The Hall–Kier alpha value is -1.60. The van der Waals surface area contributed by atoms with E-state index in [9.17, 15) is 13.2 Å². The molecular formula is C13H19N3O3S. The molecule has 0 spiro atoms. The summed E-state index contributed by atoms with van der Waals surface area (Å²) >= 11 is 0. The highest BCUT2D eigenvalue weighted by Gasteiger charge is 2.36. The summed E-state index contributed by atoms with van der Waals surface area (Å²) in [5.74, 6) is -0.273. The molecule has 1 aliphatic heterocycles. The number of carbonyl (C=O) groups is 1. The van der Waals surface area contributed by atoms with Crippen LogP contribution in [0.3, 0.4) is 0 Å². The van der Waals surface area contributed by atoms with Crippen LogP contribution in [0.1, 0.15) is 18.1 Å². The van der Waals surface area contributed by atoms with E-state index < -0.39 is 16.1 Å². The van der Waals surface area contributed by atoms with Gasteiger partial charge in [-0.2, -0.15) is 4.31 Å². The maximum absolute atomic E-state index is 12.8. The SMILES string of the molecule is Cc1cc(N)cc(C)c1S(=O)(=O)N1CCNC(=O)C1C. The van der Waals surface area contributed by atoms with Gasteiger partial charge in [0.15, 0.2) is 0 Å². The number of nitrogens with two attached hydrogens (primary N) is 1. The summed E-state index contributed by atoms with van der Waals surface area (Å²) in [6.07, 6.45) is 0. The highest BCUT2D eigenvalue weighted by atomic mass is 32.2. The summed E-state index contributed by atoms with van der Waals surface area (Å²) in [6, 6.07) is 2.56. The molecule has 0 aromatic heterocycles. The summed E-state index contributed by atoms with van der Waals surface area (Å²) in [4.78, 5) is 11.9. The Balaban J connectivity index is 2.53. The lowest BCUT2D eigenvalue weighted by Gasteiger charge is -2.32. The molecule has 1 fully saturated rings. The molecule has 0 aliphatic carbocycles. The largest absolute Gasteiger partial charge is 0.399 e. The number of amides is 1. The van der Waals surface area contributed by atoms with Crippen LogP contribution in [-0.4, -0.2) is 37.8 Å². The van der Waals surface area contributed by atoms with Crippen LogP contribution in [0, 0.1) is 13.8 Å². The number of anilines is 1. The van der Waals surface area contributed by atoms with Crippen LogP contribution >= 0.6 is 0 Å². The summed E-state index contributed by atoms with van der Waals surface area (Å²) in [5, 5.41) is 2.66. The van der Waals surface area contributed by atoms with Crippen molar-refractivity contribution in [2.75, 3.05) is 18.8 Å². The lowest BCUT2D eigenvalue weighted by Crippen LogP contribution is -2.55. The molecule has 0 saturated carbocycles. The van der Waals surface area contributed by atoms with Crippen molar-refractivity contribution in [3.05, 3.63) is 23.3 Å². The maximum atomic E-state index is 12.8. The third kappa shape index (κ3) is 2.38. The Bertz CT molecular complexity index is 632. The van der Waals surface area contributed by atoms with Crippen molar-refractivity contribution < 1.29 is 13.2 Å². The van der Waals surface area contributed by atoms with Crippen LogP contribution in [0.4, 0.5) is 5.69 Å². The first-order valence-electron chi connectivity index (χ1n) is 6.41. The minimum Gasteiger partial charge on any atom is -0.399 e. The zero-order valence-electron chi connectivity index (χ0n) is 11.8. The Kier molecular flexibility index (Phi) is 3.75. The quantitative estimate of drug-likeness (QED) is 0.773. The zero-order chi connectivity index (χ0) is 15.1. The molecule has 110 valence electrons. The topological polar surface area (TPSA) is 92.5 Å². The van der Waals surface area contributed by atoms with Crippen molar-refractivity contribution in [1.29, 1.82) is 0 Å². The van der Waals surface area contributed by atoms with Gasteiger partial charge in [0.2, 0.25) is 15.9 Å². The van der Waals surface area contributed by atoms with Crippen molar-refractivity contribution >= 4 is 21.6 Å². The molecule has 1 heterocycles. The first-order chi connectivity index (χ1) is 9.25. The van der Waals surface area contributed by atoms with E-state index in [4.69, 9.17) is 5.73 Å². The van der Waals surface area contributed by atoms with Crippen molar-refractivity contribution in [1.82, 2.24) is 9.62 Å². The van der Waals surface area contributed by atoms with Crippen LogP contribution in [0.2, 0.25) is 0 Å². The average molecular weight is 297 g/mol. The molecule has 2 rings (SSSR count). The van der Waals surface area contributed by atoms with E-state index in [1.165, 1.54) is 4.31 Å². The molecule has 3 N–H and O–H groups in total. The molecule has 6 nitrogen and oxygen atoms in total. The number of aryl methyl sites for hydroxylation is 2. The zero-order valence-corrected chi connectivity index (χ0v) is 12.6. The Morgan fingerprint density at radius 1 is 1.30 bits per heavy atom. The van der Waals surface area contributed by atoms with E-state index in [1.54, 1.807) is 32.9 Å². The Labute approximate surface area is 119 Å². The van der Waals surface area contributed by atoms with Crippen LogP contribution in [0.5, 0.6) is 0 Å². The minimum atomic E-state index is -3.71. The molecule has 1 aromatic carbocycles. The standard InChI is InChI=1S/C13H19N3O3S/c1-8-6-11(14)7-9(2)12(8)20(18,19)16-5-4-15-13(17)10(16)3/h6-7,10H,4-5,14H2,1-3H3,(H,15,17). The van der Waals surface area contributed by atoms with Crippen LogP contribution in [-0.2, 0) is 14.8 Å². The molecule has 7 heteroatoms. The molecule has 1 saturated heterocycles. The fourth-order valence-corrected chi connectivity index (χ4v) is 4.61. The van der Waals surface area contributed by atoms with Gasteiger partial charge in [0.1, 0.15) is 6.04 Å². The Morgan fingerprint density at radius 2 is 1.85 bits per heavy atom. The van der Waals surface area contributed by atoms with Crippen molar-refractivity contribution in [2.45, 2.75) is 31.7 Å². The number of hydrogen-bond donors (Lipinski definition) is 2. The predicted molar refractivity (Wildman–Crippen MR) is 76.7 cm³/mol. The highest BCUT2D eigenvalue weighted by Crippen LogP contribution is 2.27. The second-order valence-electron chi connectivity index (χ2n) is 5.07. The molecule has 0 bridgehead atoms. The van der Waals surface area contributed by atoms with Gasteiger partial charge in [-0.3, -0.25) is 4.79 Å². The number of piperazine rings is 1. The molecule has 20 heavy (non-hydrogen) atoms. The number of nitrogens with one attached hydrogen (secondary N) is 1. The number of benzene rings is 1. The first-order valence-corrected chi connectivity index (χ1v) is 7.85. The molecular weight excluding hydrogens is 278 g/mol. The second kappa shape index (κ2) is 5.06. The van der Waals surface area contributed by atoms with Gasteiger partial charge in [0.25, 0.3) is 0 Å². The number of rotatable bonds is 2. The van der Waals surface area contributed by atoms with E-state index in [0.29, 0.717) is 23.4 Å². The van der Waals surface area contributed by atoms with Gasteiger partial charge in [-0.1, -0.05) is 0 Å². The number of sulfonamides is 1.